The van der Waals surface area contributed by atoms with Crippen LogP contribution in [0, 0.1) is 0 Å². The molecule has 0 aromatic heterocycles. The first kappa shape index (κ1) is 16.9. The van der Waals surface area contributed by atoms with Crippen molar-refractivity contribution in [2.75, 3.05) is 32.1 Å². The lowest BCUT2D eigenvalue weighted by Crippen LogP contribution is -2.34. The van der Waals surface area contributed by atoms with Gasteiger partial charge < -0.3 is 5.73 Å². The molecule has 0 aliphatic heterocycles. The van der Waals surface area contributed by atoms with Gasteiger partial charge >= 0.3 is 0 Å². The van der Waals surface area contributed by atoms with Crippen LogP contribution in [0.2, 0.25) is 5.02 Å². The molecule has 0 aliphatic rings. The van der Waals surface area contributed by atoms with Gasteiger partial charge in [0.1, 0.15) is 9.84 Å². The fraction of sp³-hybridized carbons (Fsp3) is 0.500. The number of halogens is 2. The second kappa shape index (κ2) is 7.04. The van der Waals surface area contributed by atoms with Gasteiger partial charge in [-0.3, -0.25) is 4.90 Å². The predicted octanol–water partition coefficient (Wildman–Crippen LogP) is 2.08. The van der Waals surface area contributed by atoms with E-state index in [4.69, 9.17) is 17.3 Å². The quantitative estimate of drug-likeness (QED) is 0.834. The molecule has 4 nitrogen and oxygen atoms in total. The summed E-state index contributed by atoms with van der Waals surface area (Å²) in [6.45, 7) is 0.792. The van der Waals surface area contributed by atoms with Gasteiger partial charge in [0.15, 0.2) is 0 Å². The van der Waals surface area contributed by atoms with Crippen molar-refractivity contribution in [3.63, 3.8) is 0 Å². The van der Waals surface area contributed by atoms with Crippen LogP contribution in [0.5, 0.6) is 0 Å². The van der Waals surface area contributed by atoms with Gasteiger partial charge in [-0.15, -0.1) is 0 Å². The minimum absolute atomic E-state index is 0.103. The third-order valence-electron chi connectivity index (χ3n) is 2.89. The smallest absolute Gasteiger partial charge is 0.148 e. The van der Waals surface area contributed by atoms with Gasteiger partial charge in [-0.2, -0.15) is 0 Å². The van der Waals surface area contributed by atoms with Crippen molar-refractivity contribution in [1.29, 1.82) is 0 Å². The number of likely N-dealkylation sites (N-methyl/N-ethyl adjacent to an activating group) is 1. The Kier molecular flexibility index (Phi) is 6.26. The first-order chi connectivity index (χ1) is 8.74. The SMILES string of the molecule is CN(CCS(C)(=O)=O)C(CN)c1cc(Br)ccc1Cl. The van der Waals surface area contributed by atoms with Crippen molar-refractivity contribution in [3.05, 3.63) is 33.3 Å². The third kappa shape index (κ3) is 5.39. The van der Waals surface area contributed by atoms with Crippen LogP contribution in [-0.4, -0.2) is 45.5 Å². The van der Waals surface area contributed by atoms with E-state index in [2.05, 4.69) is 15.9 Å². The fourth-order valence-electron chi connectivity index (χ4n) is 1.78. The summed E-state index contributed by atoms with van der Waals surface area (Å²) in [6, 6.07) is 5.47. The first-order valence-electron chi connectivity index (χ1n) is 5.77. The molecule has 0 heterocycles. The molecule has 19 heavy (non-hydrogen) atoms. The minimum atomic E-state index is -2.99. The molecule has 7 heteroatoms. The topological polar surface area (TPSA) is 63.4 Å². The van der Waals surface area contributed by atoms with E-state index in [0.29, 0.717) is 18.1 Å². The van der Waals surface area contributed by atoms with Crippen LogP contribution < -0.4 is 5.73 Å². The van der Waals surface area contributed by atoms with Gasteiger partial charge in [-0.05, 0) is 30.8 Å². The van der Waals surface area contributed by atoms with Crippen molar-refractivity contribution in [3.8, 4) is 0 Å². The molecule has 1 rings (SSSR count). The van der Waals surface area contributed by atoms with E-state index < -0.39 is 9.84 Å². The summed E-state index contributed by atoms with van der Waals surface area (Å²) < 4.78 is 23.3. The van der Waals surface area contributed by atoms with Crippen LogP contribution in [0.15, 0.2) is 22.7 Å². The number of nitrogens with two attached hydrogens (primary N) is 1. The summed E-state index contributed by atoms with van der Waals surface area (Å²) in [4.78, 5) is 1.91. The van der Waals surface area contributed by atoms with Gasteiger partial charge in [0.2, 0.25) is 0 Å². The molecule has 0 radical (unpaired) electrons. The summed E-state index contributed by atoms with van der Waals surface area (Å²) in [5.74, 6) is 0.103. The summed E-state index contributed by atoms with van der Waals surface area (Å²) in [5, 5.41) is 0.629. The van der Waals surface area contributed by atoms with Gasteiger partial charge in [0.05, 0.1) is 5.75 Å². The Morgan fingerprint density at radius 1 is 1.47 bits per heavy atom. The lowest BCUT2D eigenvalue weighted by molar-refractivity contribution is 0.264. The van der Waals surface area contributed by atoms with Crippen molar-refractivity contribution in [2.24, 2.45) is 5.73 Å². The molecule has 0 saturated carbocycles. The summed E-state index contributed by atoms with van der Waals surface area (Å²) in [7, 11) is -1.14. The molecule has 0 aliphatic carbocycles. The molecular formula is C12H18BrClN2O2S. The van der Waals surface area contributed by atoms with Crippen molar-refractivity contribution in [1.82, 2.24) is 4.90 Å². The number of hydrogen-bond acceptors (Lipinski definition) is 4. The lowest BCUT2D eigenvalue weighted by atomic mass is 10.1. The molecule has 1 atom stereocenters. The average molecular weight is 370 g/mol. The molecule has 0 spiro atoms. The molecule has 108 valence electrons. The highest BCUT2D eigenvalue weighted by Crippen LogP contribution is 2.29. The van der Waals surface area contributed by atoms with Crippen LogP contribution in [0.1, 0.15) is 11.6 Å². The van der Waals surface area contributed by atoms with Gasteiger partial charge in [-0.25, -0.2) is 8.42 Å². The van der Waals surface area contributed by atoms with E-state index in [-0.39, 0.29) is 11.8 Å². The molecule has 1 aromatic carbocycles. The molecule has 0 bridgehead atoms. The molecule has 0 saturated heterocycles. The van der Waals surface area contributed by atoms with E-state index in [0.717, 1.165) is 10.0 Å². The molecule has 1 aromatic rings. The van der Waals surface area contributed by atoms with Crippen LogP contribution in [0.3, 0.4) is 0 Å². The number of nitrogens with zero attached hydrogens (tertiary/aromatic N) is 1. The summed E-state index contributed by atoms with van der Waals surface area (Å²) in [5.41, 5.74) is 6.70. The molecule has 1 unspecified atom stereocenters. The number of hydrogen-bond donors (Lipinski definition) is 1. The maximum absolute atomic E-state index is 11.2. The Balaban J connectivity index is 2.90. The number of sulfone groups is 1. The Labute approximate surface area is 128 Å². The van der Waals surface area contributed by atoms with Crippen molar-refractivity contribution in [2.45, 2.75) is 6.04 Å². The average Bonchev–Trinajstić information content (AvgIpc) is 2.31. The Hall–Kier alpha value is -0.140. The molecular weight excluding hydrogens is 352 g/mol. The molecule has 2 N–H and O–H groups in total. The Morgan fingerprint density at radius 3 is 2.63 bits per heavy atom. The van der Waals surface area contributed by atoms with Gasteiger partial charge in [0, 0.05) is 34.9 Å². The summed E-state index contributed by atoms with van der Waals surface area (Å²) in [6.07, 6.45) is 1.23. The highest BCUT2D eigenvalue weighted by molar-refractivity contribution is 9.10. The lowest BCUT2D eigenvalue weighted by Gasteiger charge is -2.28. The Bertz CT molecular complexity index is 537. The van der Waals surface area contributed by atoms with E-state index >= 15 is 0 Å². The number of rotatable bonds is 6. The van der Waals surface area contributed by atoms with Crippen molar-refractivity contribution >= 4 is 37.4 Å². The van der Waals surface area contributed by atoms with E-state index in [1.807, 2.05) is 24.1 Å². The zero-order chi connectivity index (χ0) is 14.6. The van der Waals surface area contributed by atoms with Crippen LogP contribution >= 0.6 is 27.5 Å². The second-order valence-corrected chi connectivity index (χ2v) is 8.11. The zero-order valence-corrected chi connectivity index (χ0v) is 14.1. The van der Waals surface area contributed by atoms with Gasteiger partial charge in [0.25, 0.3) is 0 Å². The highest BCUT2D eigenvalue weighted by atomic mass is 79.9. The molecule has 0 amide bonds. The van der Waals surface area contributed by atoms with E-state index in [9.17, 15) is 8.42 Å². The minimum Gasteiger partial charge on any atom is -0.329 e. The normalized spacial score (nSPS) is 13.8. The van der Waals surface area contributed by atoms with Gasteiger partial charge in [-0.1, -0.05) is 27.5 Å². The van der Waals surface area contributed by atoms with Crippen LogP contribution in [0.25, 0.3) is 0 Å². The maximum Gasteiger partial charge on any atom is 0.148 e. The van der Waals surface area contributed by atoms with Crippen LogP contribution in [-0.2, 0) is 9.84 Å². The van der Waals surface area contributed by atoms with Crippen molar-refractivity contribution < 1.29 is 8.42 Å². The summed E-state index contributed by atoms with van der Waals surface area (Å²) >= 11 is 9.58. The Morgan fingerprint density at radius 2 is 2.11 bits per heavy atom. The molecule has 0 fully saturated rings. The zero-order valence-electron chi connectivity index (χ0n) is 10.9. The largest absolute Gasteiger partial charge is 0.329 e. The predicted molar refractivity (Wildman–Crippen MR) is 83.3 cm³/mol. The third-order valence-corrected chi connectivity index (χ3v) is 4.65. The van der Waals surface area contributed by atoms with E-state index in [1.54, 1.807) is 6.07 Å². The second-order valence-electron chi connectivity index (χ2n) is 4.53. The first-order valence-corrected chi connectivity index (χ1v) is 9.00. The highest BCUT2D eigenvalue weighted by Gasteiger charge is 2.19. The van der Waals surface area contributed by atoms with Crippen LogP contribution in [0.4, 0.5) is 0 Å². The fourth-order valence-corrected chi connectivity index (χ4v) is 3.02. The standard InChI is InChI=1S/C12H18BrClN2O2S/c1-16(5-6-19(2,17)18)12(8-15)10-7-9(13)3-4-11(10)14/h3-4,7,12H,5-6,8,15H2,1-2H3. The monoisotopic (exact) mass is 368 g/mol. The van der Waals surface area contributed by atoms with E-state index in [1.165, 1.54) is 6.26 Å². The maximum atomic E-state index is 11.2. The number of benzene rings is 1.